The van der Waals surface area contributed by atoms with E-state index in [-0.39, 0.29) is 16.5 Å². The lowest BCUT2D eigenvalue weighted by molar-refractivity contribution is -0.153. The van der Waals surface area contributed by atoms with Crippen LogP contribution in [0.2, 0.25) is 0 Å². The van der Waals surface area contributed by atoms with Crippen LogP contribution in [-0.2, 0) is 30.8 Å². The van der Waals surface area contributed by atoms with Gasteiger partial charge in [0.05, 0.1) is 6.42 Å². The fourth-order valence-electron chi connectivity index (χ4n) is 3.95. The van der Waals surface area contributed by atoms with Crippen molar-refractivity contribution in [2.24, 2.45) is 0 Å². The lowest BCUT2D eigenvalue weighted by atomic mass is 10.1. The SMILES string of the molecule is O=C(Cc1ccc(NS(=O)(=O)c2cccs2)cc1)N1CCN(C(=O)C(=O)N2CCCC2)CC1. The van der Waals surface area contributed by atoms with Gasteiger partial charge in [-0.1, -0.05) is 18.2 Å². The van der Waals surface area contributed by atoms with Crippen LogP contribution in [0, 0.1) is 0 Å². The first-order valence-corrected chi connectivity index (χ1v) is 13.2. The van der Waals surface area contributed by atoms with E-state index in [1.807, 2.05) is 0 Å². The third-order valence-electron chi connectivity index (χ3n) is 5.82. The van der Waals surface area contributed by atoms with Gasteiger partial charge in [0.15, 0.2) is 0 Å². The molecule has 4 rings (SSSR count). The second-order valence-electron chi connectivity index (χ2n) is 8.08. The molecule has 0 bridgehead atoms. The summed E-state index contributed by atoms with van der Waals surface area (Å²) >= 11 is 1.14. The van der Waals surface area contributed by atoms with Gasteiger partial charge in [-0.2, -0.15) is 0 Å². The Balaban J connectivity index is 1.27. The normalized spacial score (nSPS) is 16.7. The Morgan fingerprint density at radius 2 is 1.39 bits per heavy atom. The number of nitrogens with zero attached hydrogens (tertiary/aromatic N) is 3. The Labute approximate surface area is 197 Å². The molecule has 1 aromatic carbocycles. The van der Waals surface area contributed by atoms with Crippen molar-refractivity contribution in [2.45, 2.75) is 23.5 Å². The number of amides is 3. The molecular weight excluding hydrogens is 464 g/mol. The zero-order valence-corrected chi connectivity index (χ0v) is 19.7. The molecule has 0 aliphatic carbocycles. The molecule has 1 aromatic heterocycles. The zero-order chi connectivity index (χ0) is 23.4. The summed E-state index contributed by atoms with van der Waals surface area (Å²) in [6, 6.07) is 9.92. The van der Waals surface area contributed by atoms with Crippen LogP contribution in [0.3, 0.4) is 0 Å². The summed E-state index contributed by atoms with van der Waals surface area (Å²) in [5.41, 5.74) is 1.19. The van der Waals surface area contributed by atoms with Crippen molar-refractivity contribution in [1.29, 1.82) is 0 Å². The standard InChI is InChI=1S/C22H26N4O5S2/c27-19(24-11-13-26(14-12-24)22(29)21(28)25-9-1-2-10-25)16-17-5-7-18(8-6-17)23-33(30,31)20-4-3-15-32-20/h3-8,15,23H,1-2,9-14,16H2. The van der Waals surface area contributed by atoms with Crippen molar-refractivity contribution in [2.75, 3.05) is 44.0 Å². The molecule has 2 aliphatic rings. The first-order valence-electron chi connectivity index (χ1n) is 10.8. The van der Waals surface area contributed by atoms with Gasteiger partial charge in [-0.05, 0) is 42.0 Å². The number of carbonyl (C=O) groups excluding carboxylic acids is 3. The van der Waals surface area contributed by atoms with Gasteiger partial charge in [-0.15, -0.1) is 11.3 Å². The number of sulfonamides is 1. The first kappa shape index (κ1) is 23.2. The fraction of sp³-hybridized carbons (Fsp3) is 0.409. The van der Waals surface area contributed by atoms with Gasteiger partial charge in [0, 0.05) is 45.0 Å². The molecule has 3 heterocycles. The molecule has 3 amide bonds. The van der Waals surface area contributed by atoms with Crippen molar-refractivity contribution in [1.82, 2.24) is 14.7 Å². The quantitative estimate of drug-likeness (QED) is 0.638. The van der Waals surface area contributed by atoms with Crippen LogP contribution in [0.25, 0.3) is 0 Å². The summed E-state index contributed by atoms with van der Waals surface area (Å²) in [6.45, 7) is 2.73. The van der Waals surface area contributed by atoms with Crippen molar-refractivity contribution in [3.05, 3.63) is 47.3 Å². The number of nitrogens with one attached hydrogen (secondary N) is 1. The van der Waals surface area contributed by atoms with E-state index >= 15 is 0 Å². The van der Waals surface area contributed by atoms with E-state index in [4.69, 9.17) is 0 Å². The number of hydrogen-bond donors (Lipinski definition) is 1. The maximum absolute atomic E-state index is 12.7. The molecule has 0 saturated carbocycles. The number of carbonyl (C=O) groups is 3. The predicted octanol–water partition coefficient (Wildman–Crippen LogP) is 1.38. The van der Waals surface area contributed by atoms with Crippen LogP contribution < -0.4 is 4.72 Å². The molecule has 11 heteroatoms. The summed E-state index contributed by atoms with van der Waals surface area (Å²) in [6.07, 6.45) is 2.05. The minimum atomic E-state index is -3.61. The van der Waals surface area contributed by atoms with Crippen molar-refractivity contribution in [3.8, 4) is 0 Å². The molecule has 2 aromatic rings. The molecule has 0 unspecified atom stereocenters. The summed E-state index contributed by atoms with van der Waals surface area (Å²) in [7, 11) is -3.61. The number of rotatable bonds is 5. The second kappa shape index (κ2) is 9.92. The molecule has 1 N–H and O–H groups in total. The van der Waals surface area contributed by atoms with Crippen LogP contribution >= 0.6 is 11.3 Å². The van der Waals surface area contributed by atoms with Gasteiger partial charge in [0.1, 0.15) is 4.21 Å². The fourth-order valence-corrected chi connectivity index (χ4v) is 6.00. The van der Waals surface area contributed by atoms with Gasteiger partial charge < -0.3 is 14.7 Å². The average Bonchev–Trinajstić information content (AvgIpc) is 3.54. The highest BCUT2D eigenvalue weighted by Crippen LogP contribution is 2.21. The summed E-state index contributed by atoms with van der Waals surface area (Å²) in [5.74, 6) is -0.994. The highest BCUT2D eigenvalue weighted by atomic mass is 32.2. The van der Waals surface area contributed by atoms with E-state index in [0.29, 0.717) is 45.0 Å². The number of likely N-dealkylation sites (tertiary alicyclic amines) is 1. The van der Waals surface area contributed by atoms with Gasteiger partial charge in [-0.25, -0.2) is 8.42 Å². The summed E-state index contributed by atoms with van der Waals surface area (Å²) in [4.78, 5) is 42.2. The van der Waals surface area contributed by atoms with E-state index in [1.165, 1.54) is 11.0 Å². The second-order valence-corrected chi connectivity index (χ2v) is 10.9. The van der Waals surface area contributed by atoms with E-state index < -0.39 is 21.8 Å². The minimum absolute atomic E-state index is 0.0696. The molecule has 2 aliphatic heterocycles. The minimum Gasteiger partial charge on any atom is -0.339 e. The molecule has 0 atom stereocenters. The molecule has 9 nitrogen and oxygen atoms in total. The van der Waals surface area contributed by atoms with Gasteiger partial charge in [-0.3, -0.25) is 19.1 Å². The highest BCUT2D eigenvalue weighted by molar-refractivity contribution is 7.94. The Morgan fingerprint density at radius 3 is 1.97 bits per heavy atom. The molecule has 0 radical (unpaired) electrons. The Kier molecular flexibility index (Phi) is 6.99. The van der Waals surface area contributed by atoms with Crippen LogP contribution in [0.4, 0.5) is 5.69 Å². The Bertz CT molecular complexity index is 1100. The maximum Gasteiger partial charge on any atom is 0.312 e. The summed E-state index contributed by atoms with van der Waals surface area (Å²) < 4.78 is 27.4. The van der Waals surface area contributed by atoms with Crippen LogP contribution in [0.5, 0.6) is 0 Å². The topological polar surface area (TPSA) is 107 Å². The number of hydrogen-bond acceptors (Lipinski definition) is 6. The number of anilines is 1. The molecule has 33 heavy (non-hydrogen) atoms. The van der Waals surface area contributed by atoms with Gasteiger partial charge in [0.25, 0.3) is 10.0 Å². The average molecular weight is 491 g/mol. The highest BCUT2D eigenvalue weighted by Gasteiger charge is 2.31. The molecule has 2 fully saturated rings. The third kappa shape index (κ3) is 5.53. The summed E-state index contributed by atoms with van der Waals surface area (Å²) in [5, 5.41) is 1.70. The lowest BCUT2D eigenvalue weighted by Gasteiger charge is -2.35. The molecule has 0 spiro atoms. The van der Waals surface area contributed by atoms with E-state index in [9.17, 15) is 22.8 Å². The van der Waals surface area contributed by atoms with Crippen LogP contribution in [0.15, 0.2) is 46.0 Å². The Morgan fingerprint density at radius 1 is 0.818 bits per heavy atom. The van der Waals surface area contributed by atoms with Crippen molar-refractivity contribution >= 4 is 44.8 Å². The number of benzene rings is 1. The molecule has 176 valence electrons. The smallest absolute Gasteiger partial charge is 0.312 e. The number of piperazine rings is 1. The van der Waals surface area contributed by atoms with E-state index in [1.54, 1.807) is 45.5 Å². The van der Waals surface area contributed by atoms with Crippen LogP contribution in [0.1, 0.15) is 18.4 Å². The van der Waals surface area contributed by atoms with Gasteiger partial charge in [0.2, 0.25) is 5.91 Å². The van der Waals surface area contributed by atoms with E-state index in [0.717, 1.165) is 29.7 Å². The Hall–Kier alpha value is -2.92. The zero-order valence-electron chi connectivity index (χ0n) is 18.1. The predicted molar refractivity (Wildman–Crippen MR) is 124 cm³/mol. The third-order valence-corrected chi connectivity index (χ3v) is 8.60. The van der Waals surface area contributed by atoms with Crippen molar-refractivity contribution in [3.63, 3.8) is 0 Å². The van der Waals surface area contributed by atoms with Gasteiger partial charge >= 0.3 is 11.8 Å². The maximum atomic E-state index is 12.7. The van der Waals surface area contributed by atoms with Crippen LogP contribution in [-0.4, -0.2) is 80.1 Å². The van der Waals surface area contributed by atoms with Crippen molar-refractivity contribution < 1.29 is 22.8 Å². The first-order chi connectivity index (χ1) is 15.8. The lowest BCUT2D eigenvalue weighted by Crippen LogP contribution is -2.54. The molecule has 2 saturated heterocycles. The number of thiophene rings is 1. The molecular formula is C22H26N4O5S2. The van der Waals surface area contributed by atoms with E-state index in [2.05, 4.69) is 4.72 Å². The monoisotopic (exact) mass is 490 g/mol. The largest absolute Gasteiger partial charge is 0.339 e.